The van der Waals surface area contributed by atoms with Gasteiger partial charge in [-0.3, -0.25) is 9.59 Å². The number of aliphatic hydroxyl groups is 2. The number of nitrogens with one attached hydrogen (secondary N) is 1. The van der Waals surface area contributed by atoms with Crippen LogP contribution in [0.5, 0.6) is 0 Å². The lowest BCUT2D eigenvalue weighted by atomic mass is 10.0. The Kier molecular flexibility index (Phi) is 58.5. The zero-order chi connectivity index (χ0) is 50.7. The summed E-state index contributed by atoms with van der Waals surface area (Å²) >= 11 is 0. The lowest BCUT2D eigenvalue weighted by molar-refractivity contribution is -0.143. The molecule has 6 heteroatoms. The van der Waals surface area contributed by atoms with Gasteiger partial charge in [0, 0.05) is 12.8 Å². The molecule has 414 valence electrons. The lowest BCUT2D eigenvalue weighted by Crippen LogP contribution is -2.45. The van der Waals surface area contributed by atoms with Gasteiger partial charge in [0.15, 0.2) is 0 Å². The van der Waals surface area contributed by atoms with E-state index < -0.39 is 12.1 Å². The molecule has 0 heterocycles. The third-order valence-corrected chi connectivity index (χ3v) is 14.7. The van der Waals surface area contributed by atoms with E-state index in [0.717, 1.165) is 57.8 Å². The minimum absolute atomic E-state index is 0.00961. The molecule has 3 N–H and O–H groups in total. The van der Waals surface area contributed by atoms with Crippen LogP contribution in [0.15, 0.2) is 24.3 Å². The Bertz CT molecular complexity index is 1090. The highest BCUT2D eigenvalue weighted by Crippen LogP contribution is 2.18. The van der Waals surface area contributed by atoms with Gasteiger partial charge >= 0.3 is 5.97 Å². The van der Waals surface area contributed by atoms with Crippen molar-refractivity contribution in [1.29, 1.82) is 0 Å². The number of aliphatic hydroxyl groups excluding tert-OH is 2. The van der Waals surface area contributed by atoms with E-state index in [1.165, 1.54) is 257 Å². The molecule has 6 nitrogen and oxygen atoms in total. The van der Waals surface area contributed by atoms with Crippen LogP contribution in [0.2, 0.25) is 0 Å². The van der Waals surface area contributed by atoms with Crippen molar-refractivity contribution in [3.8, 4) is 0 Å². The Morgan fingerprint density at radius 2 is 0.671 bits per heavy atom. The molecule has 70 heavy (non-hydrogen) atoms. The van der Waals surface area contributed by atoms with Crippen molar-refractivity contribution in [3.63, 3.8) is 0 Å². The summed E-state index contributed by atoms with van der Waals surface area (Å²) in [5.41, 5.74) is 0. The zero-order valence-corrected chi connectivity index (χ0v) is 47.3. The molecule has 0 aliphatic rings. The number of amides is 1. The third-order valence-electron chi connectivity index (χ3n) is 14.7. The van der Waals surface area contributed by atoms with Crippen molar-refractivity contribution >= 4 is 11.9 Å². The van der Waals surface area contributed by atoms with E-state index in [2.05, 4.69) is 43.5 Å². The molecule has 0 aromatic heterocycles. The summed E-state index contributed by atoms with van der Waals surface area (Å²) in [5, 5.41) is 23.4. The Labute approximate surface area is 437 Å². The molecule has 0 fully saturated rings. The Morgan fingerprint density at radius 3 is 1.01 bits per heavy atom. The molecule has 0 aromatic carbocycles. The smallest absolute Gasteiger partial charge is 0.305 e. The summed E-state index contributed by atoms with van der Waals surface area (Å²) in [7, 11) is 0. The fourth-order valence-electron chi connectivity index (χ4n) is 9.87. The molecule has 0 radical (unpaired) electrons. The van der Waals surface area contributed by atoms with E-state index >= 15 is 0 Å². The van der Waals surface area contributed by atoms with Gasteiger partial charge in [0.25, 0.3) is 0 Å². The van der Waals surface area contributed by atoms with Crippen molar-refractivity contribution in [2.45, 2.75) is 360 Å². The van der Waals surface area contributed by atoms with Gasteiger partial charge in [-0.05, 0) is 77.0 Å². The number of rotatable bonds is 59. The Hall–Kier alpha value is -1.66. The first kappa shape index (κ1) is 68.3. The van der Waals surface area contributed by atoms with Crippen LogP contribution in [0.1, 0.15) is 348 Å². The van der Waals surface area contributed by atoms with Crippen LogP contribution in [0.3, 0.4) is 0 Å². The number of hydrogen-bond donors (Lipinski definition) is 3. The quantitative estimate of drug-likeness (QED) is 0.0321. The molecule has 0 saturated carbocycles. The molecule has 0 saturated heterocycles. The van der Waals surface area contributed by atoms with E-state index in [0.29, 0.717) is 25.9 Å². The maximum Gasteiger partial charge on any atom is 0.305 e. The molecule has 1 amide bonds. The molecular weight excluding hydrogens is 863 g/mol. The van der Waals surface area contributed by atoms with Crippen LogP contribution >= 0.6 is 0 Å². The van der Waals surface area contributed by atoms with Gasteiger partial charge < -0.3 is 20.3 Å². The fourth-order valence-corrected chi connectivity index (χ4v) is 9.87. The second-order valence-corrected chi connectivity index (χ2v) is 21.7. The monoisotopic (exact) mass is 986 g/mol. The SMILES string of the molecule is CCCCCCC/C=C\CCCCCCCC(=O)OCCCCCCCC/C=C\CCCCCCCCCC(=O)NC(CO)C(O)CCCCCCCCCCCCCCCCCCCCCCCC. The maximum atomic E-state index is 12.5. The van der Waals surface area contributed by atoms with Gasteiger partial charge in [-0.2, -0.15) is 0 Å². The maximum absolute atomic E-state index is 12.5. The van der Waals surface area contributed by atoms with Crippen molar-refractivity contribution in [1.82, 2.24) is 5.32 Å². The molecule has 0 spiro atoms. The number of unbranched alkanes of at least 4 members (excludes halogenated alkanes) is 44. The highest BCUT2D eigenvalue weighted by molar-refractivity contribution is 5.76. The second-order valence-electron chi connectivity index (χ2n) is 21.7. The largest absolute Gasteiger partial charge is 0.466 e. The van der Waals surface area contributed by atoms with Gasteiger partial charge in [0.05, 0.1) is 25.4 Å². The molecular formula is C64H123NO5. The average Bonchev–Trinajstić information content (AvgIpc) is 3.36. The highest BCUT2D eigenvalue weighted by atomic mass is 16.5. The van der Waals surface area contributed by atoms with Gasteiger partial charge in [-0.1, -0.05) is 282 Å². The molecule has 2 unspecified atom stereocenters. The summed E-state index contributed by atoms with van der Waals surface area (Å²) < 4.78 is 5.47. The summed E-state index contributed by atoms with van der Waals surface area (Å²) in [5.74, 6) is -0.0534. The highest BCUT2D eigenvalue weighted by Gasteiger charge is 2.20. The minimum Gasteiger partial charge on any atom is -0.466 e. The van der Waals surface area contributed by atoms with Crippen molar-refractivity contribution in [2.75, 3.05) is 13.2 Å². The first-order valence-corrected chi connectivity index (χ1v) is 31.6. The molecule has 0 bridgehead atoms. The average molecular weight is 987 g/mol. The van der Waals surface area contributed by atoms with E-state index in [1.807, 2.05) is 0 Å². The number of allylic oxidation sites excluding steroid dienone is 4. The predicted octanol–water partition coefficient (Wildman–Crippen LogP) is 19.8. The number of hydrogen-bond acceptors (Lipinski definition) is 5. The topological polar surface area (TPSA) is 95.9 Å². The molecule has 0 aliphatic carbocycles. The van der Waals surface area contributed by atoms with Crippen molar-refractivity contribution in [2.24, 2.45) is 0 Å². The summed E-state index contributed by atoms with van der Waals surface area (Å²) in [6, 6.07) is -0.552. The molecule has 0 aromatic rings. The van der Waals surface area contributed by atoms with Crippen LogP contribution in [0.25, 0.3) is 0 Å². The summed E-state index contributed by atoms with van der Waals surface area (Å²) in [4.78, 5) is 24.6. The number of ether oxygens (including phenoxy) is 1. The molecule has 2 atom stereocenters. The summed E-state index contributed by atoms with van der Waals surface area (Å²) in [6.07, 6.45) is 73.3. The number of esters is 1. The van der Waals surface area contributed by atoms with E-state index in [9.17, 15) is 19.8 Å². The fraction of sp³-hybridized carbons (Fsp3) is 0.906. The van der Waals surface area contributed by atoms with Crippen LogP contribution in [-0.2, 0) is 14.3 Å². The number of carbonyl (C=O) groups excluding carboxylic acids is 2. The standard InChI is InChI=1S/C64H123NO5/c1-3-5-7-9-11-13-15-17-19-20-21-22-23-24-26-29-32-36-40-44-48-52-56-62(67)61(60-66)65-63(68)57-53-49-45-41-37-33-30-27-25-28-31-35-39-43-47-51-55-59-70-64(69)58-54-50-46-42-38-34-18-16-14-12-10-8-6-4-2/h16,18,25,28,61-62,66-67H,3-15,17,19-24,26-27,29-60H2,1-2H3,(H,65,68)/b18-16-,28-25-. The minimum atomic E-state index is -0.673. The van der Waals surface area contributed by atoms with Gasteiger partial charge in [-0.15, -0.1) is 0 Å². The zero-order valence-electron chi connectivity index (χ0n) is 47.3. The van der Waals surface area contributed by atoms with Crippen LogP contribution < -0.4 is 5.32 Å². The first-order valence-electron chi connectivity index (χ1n) is 31.6. The van der Waals surface area contributed by atoms with Crippen molar-refractivity contribution in [3.05, 3.63) is 24.3 Å². The molecule has 0 aliphatic heterocycles. The predicted molar refractivity (Wildman–Crippen MR) is 306 cm³/mol. The van der Waals surface area contributed by atoms with Gasteiger partial charge in [0.2, 0.25) is 5.91 Å². The van der Waals surface area contributed by atoms with Gasteiger partial charge in [0.1, 0.15) is 0 Å². The van der Waals surface area contributed by atoms with E-state index in [1.54, 1.807) is 0 Å². The first-order chi connectivity index (χ1) is 34.5. The van der Waals surface area contributed by atoms with Crippen molar-refractivity contribution < 1.29 is 24.5 Å². The van der Waals surface area contributed by atoms with Crippen LogP contribution in [0.4, 0.5) is 0 Å². The van der Waals surface area contributed by atoms with Crippen LogP contribution in [0, 0.1) is 0 Å². The van der Waals surface area contributed by atoms with Crippen LogP contribution in [-0.4, -0.2) is 47.4 Å². The molecule has 0 rings (SSSR count). The Balaban J connectivity index is 3.45. The van der Waals surface area contributed by atoms with E-state index in [4.69, 9.17) is 4.74 Å². The van der Waals surface area contributed by atoms with Gasteiger partial charge in [-0.25, -0.2) is 0 Å². The second kappa shape index (κ2) is 59.9. The van der Waals surface area contributed by atoms with E-state index in [-0.39, 0.29) is 18.5 Å². The normalized spacial score (nSPS) is 12.7. The number of carbonyl (C=O) groups is 2. The third kappa shape index (κ3) is 55.7. The lowest BCUT2D eigenvalue weighted by Gasteiger charge is -2.22. The summed E-state index contributed by atoms with van der Waals surface area (Å²) in [6.45, 7) is 4.94. The Morgan fingerprint density at radius 1 is 0.386 bits per heavy atom.